The fourth-order valence-electron chi connectivity index (χ4n) is 1.79. The van der Waals surface area contributed by atoms with Gasteiger partial charge in [-0.25, -0.2) is 4.98 Å². The Morgan fingerprint density at radius 1 is 1.50 bits per heavy atom. The van der Waals surface area contributed by atoms with E-state index in [-0.39, 0.29) is 12.5 Å². The van der Waals surface area contributed by atoms with Crippen molar-refractivity contribution in [3.8, 4) is 0 Å². The summed E-state index contributed by atoms with van der Waals surface area (Å²) in [4.78, 5) is 4.32. The molecule has 0 saturated carbocycles. The molecule has 3 N–H and O–H groups in total. The first-order valence-electron chi connectivity index (χ1n) is 5.69. The van der Waals surface area contributed by atoms with Gasteiger partial charge < -0.3 is 20.1 Å². The van der Waals surface area contributed by atoms with Crippen LogP contribution < -0.4 is 5.32 Å². The van der Waals surface area contributed by atoms with E-state index in [4.69, 9.17) is 16.7 Å². The van der Waals surface area contributed by atoms with E-state index >= 15 is 0 Å². The van der Waals surface area contributed by atoms with Crippen LogP contribution in [0.15, 0.2) is 18.2 Å². The fraction of sp³-hybridized carbons (Fsp3) is 0.417. The first-order valence-corrected chi connectivity index (χ1v) is 6.23. The first kappa shape index (κ1) is 13.1. The Morgan fingerprint density at radius 3 is 2.94 bits per heavy atom. The van der Waals surface area contributed by atoms with Gasteiger partial charge in [0.2, 0.25) is 0 Å². The Hall–Kier alpha value is -1.30. The summed E-state index contributed by atoms with van der Waals surface area (Å²) in [5, 5.41) is 21.6. The fourth-order valence-corrected chi connectivity index (χ4v) is 1.90. The van der Waals surface area contributed by atoms with Crippen LogP contribution in [0.2, 0.25) is 0 Å². The van der Waals surface area contributed by atoms with Crippen LogP contribution >= 0.6 is 11.6 Å². The molecule has 0 amide bonds. The molecule has 1 aromatic carbocycles. The predicted octanol–water partition coefficient (Wildman–Crippen LogP) is 1.08. The zero-order valence-corrected chi connectivity index (χ0v) is 10.9. The molecule has 18 heavy (non-hydrogen) atoms. The van der Waals surface area contributed by atoms with Crippen molar-refractivity contribution in [2.75, 3.05) is 17.7 Å². The van der Waals surface area contributed by atoms with Crippen LogP contribution in [0.25, 0.3) is 11.0 Å². The maximum absolute atomic E-state index is 9.37. The molecule has 6 heteroatoms. The molecule has 0 fully saturated rings. The van der Waals surface area contributed by atoms with Crippen molar-refractivity contribution in [3.05, 3.63) is 24.0 Å². The highest BCUT2D eigenvalue weighted by Crippen LogP contribution is 2.19. The Kier molecular flexibility index (Phi) is 4.06. The van der Waals surface area contributed by atoms with Crippen molar-refractivity contribution in [1.29, 1.82) is 0 Å². The van der Waals surface area contributed by atoms with Crippen LogP contribution in [0.4, 0.5) is 5.69 Å². The molecule has 98 valence electrons. The minimum Gasteiger partial charge on any atom is -0.390 e. The molecule has 1 unspecified atom stereocenters. The smallest absolute Gasteiger partial charge is 0.135 e. The Bertz CT molecular complexity index is 541. The molecule has 5 nitrogen and oxygen atoms in total. The van der Waals surface area contributed by atoms with E-state index < -0.39 is 6.10 Å². The van der Waals surface area contributed by atoms with Crippen LogP contribution in [0, 0.1) is 0 Å². The van der Waals surface area contributed by atoms with Gasteiger partial charge in [-0.3, -0.25) is 0 Å². The highest BCUT2D eigenvalue weighted by molar-refractivity contribution is 6.18. The van der Waals surface area contributed by atoms with Gasteiger partial charge in [-0.15, -0.1) is 11.6 Å². The van der Waals surface area contributed by atoms with Gasteiger partial charge in [-0.05, 0) is 18.2 Å². The lowest BCUT2D eigenvalue weighted by Gasteiger charge is -2.09. The molecule has 0 aliphatic heterocycles. The zero-order valence-electron chi connectivity index (χ0n) is 10.1. The molecular formula is C12H16ClN3O2. The number of imidazole rings is 1. The largest absolute Gasteiger partial charge is 0.390 e. The number of nitrogens with one attached hydrogen (secondary N) is 1. The monoisotopic (exact) mass is 269 g/mol. The normalized spacial score (nSPS) is 12.9. The quantitative estimate of drug-likeness (QED) is 0.711. The van der Waals surface area contributed by atoms with E-state index in [0.717, 1.165) is 16.7 Å². The van der Waals surface area contributed by atoms with Crippen molar-refractivity contribution in [2.45, 2.75) is 12.7 Å². The lowest BCUT2D eigenvalue weighted by molar-refractivity contribution is 0.211. The molecular weight excluding hydrogens is 254 g/mol. The van der Waals surface area contributed by atoms with Crippen LogP contribution in [0.3, 0.4) is 0 Å². The molecule has 0 aliphatic carbocycles. The maximum atomic E-state index is 9.37. The van der Waals surface area contributed by atoms with Gasteiger partial charge in [0.1, 0.15) is 12.4 Å². The number of alkyl halides is 1. The van der Waals surface area contributed by atoms with Crippen molar-refractivity contribution in [3.63, 3.8) is 0 Å². The molecule has 0 spiro atoms. The third-order valence-electron chi connectivity index (χ3n) is 2.83. The number of benzene rings is 1. The first-order chi connectivity index (χ1) is 8.65. The Balaban J connectivity index is 2.22. The number of rotatable bonds is 5. The number of fused-ring (bicyclic) bond motifs is 1. The minimum absolute atomic E-state index is 0.0844. The summed E-state index contributed by atoms with van der Waals surface area (Å²) in [6.45, 7) is 0.313. The molecule has 0 aliphatic rings. The molecule has 1 heterocycles. The molecule has 1 atom stereocenters. The zero-order chi connectivity index (χ0) is 13.1. The maximum Gasteiger partial charge on any atom is 0.135 e. The van der Waals surface area contributed by atoms with E-state index in [1.165, 1.54) is 0 Å². The van der Waals surface area contributed by atoms with Crippen LogP contribution in [-0.2, 0) is 13.7 Å². The third-order valence-corrected chi connectivity index (χ3v) is 3.19. The number of aliphatic hydroxyl groups excluding tert-OH is 2. The number of aryl methyl sites for hydroxylation is 1. The molecule has 0 saturated heterocycles. The highest BCUT2D eigenvalue weighted by atomic mass is 35.5. The molecule has 1 aromatic heterocycles. The van der Waals surface area contributed by atoms with Crippen LogP contribution in [0.5, 0.6) is 0 Å². The number of anilines is 1. The summed E-state index contributed by atoms with van der Waals surface area (Å²) in [5.41, 5.74) is 2.64. The summed E-state index contributed by atoms with van der Waals surface area (Å²) in [5.74, 6) is 0.830. The second-order valence-corrected chi connectivity index (χ2v) is 4.45. The summed E-state index contributed by atoms with van der Waals surface area (Å²) in [6.07, 6.45) is -0.570. The second kappa shape index (κ2) is 5.56. The van der Waals surface area contributed by atoms with E-state index in [0.29, 0.717) is 12.4 Å². The summed E-state index contributed by atoms with van der Waals surface area (Å²) in [7, 11) is 1.87. The van der Waals surface area contributed by atoms with E-state index in [2.05, 4.69) is 10.3 Å². The molecule has 2 rings (SSSR count). The van der Waals surface area contributed by atoms with E-state index in [1.54, 1.807) is 0 Å². The van der Waals surface area contributed by atoms with Gasteiger partial charge in [0.25, 0.3) is 0 Å². The average molecular weight is 270 g/mol. The van der Waals surface area contributed by atoms with Crippen molar-refractivity contribution in [1.82, 2.24) is 9.55 Å². The Labute approximate surface area is 110 Å². The standard InChI is InChI=1S/C12H16ClN3O2/c1-16-11-3-2-8(14-6-9(18)5-13)4-10(11)15-12(16)7-17/h2-4,9,14,17-18H,5-7H2,1H3. The number of hydrogen-bond donors (Lipinski definition) is 3. The topological polar surface area (TPSA) is 70.3 Å². The SMILES string of the molecule is Cn1c(CO)nc2cc(NCC(O)CCl)ccc21. The second-order valence-electron chi connectivity index (χ2n) is 4.14. The van der Waals surface area contributed by atoms with Crippen molar-refractivity contribution >= 4 is 28.3 Å². The van der Waals surface area contributed by atoms with E-state index in [9.17, 15) is 5.11 Å². The number of nitrogens with zero attached hydrogens (tertiary/aromatic N) is 2. The third kappa shape index (κ3) is 2.58. The molecule has 0 radical (unpaired) electrons. The summed E-state index contributed by atoms with van der Waals surface area (Å²) in [6, 6.07) is 5.72. The van der Waals surface area contributed by atoms with Gasteiger partial charge >= 0.3 is 0 Å². The highest BCUT2D eigenvalue weighted by Gasteiger charge is 2.08. The average Bonchev–Trinajstić information content (AvgIpc) is 2.72. The summed E-state index contributed by atoms with van der Waals surface area (Å²) < 4.78 is 1.85. The molecule has 2 aromatic rings. The van der Waals surface area contributed by atoms with Gasteiger partial charge in [-0.1, -0.05) is 0 Å². The van der Waals surface area contributed by atoms with Gasteiger partial charge in [0, 0.05) is 19.3 Å². The predicted molar refractivity (Wildman–Crippen MR) is 71.9 cm³/mol. The number of hydrogen-bond acceptors (Lipinski definition) is 4. The van der Waals surface area contributed by atoms with Gasteiger partial charge in [0.05, 0.1) is 23.0 Å². The van der Waals surface area contributed by atoms with Crippen molar-refractivity contribution < 1.29 is 10.2 Å². The number of aliphatic hydroxyl groups is 2. The van der Waals surface area contributed by atoms with E-state index in [1.807, 2.05) is 29.8 Å². The number of halogens is 1. The van der Waals surface area contributed by atoms with Crippen LogP contribution in [0.1, 0.15) is 5.82 Å². The number of aromatic nitrogens is 2. The molecule has 0 bridgehead atoms. The Morgan fingerprint density at radius 2 is 2.28 bits per heavy atom. The minimum atomic E-state index is -0.570. The lowest BCUT2D eigenvalue weighted by Crippen LogP contribution is -2.20. The van der Waals surface area contributed by atoms with Crippen molar-refractivity contribution in [2.24, 2.45) is 7.05 Å². The van der Waals surface area contributed by atoms with Gasteiger partial charge in [-0.2, -0.15) is 0 Å². The summed E-state index contributed by atoms with van der Waals surface area (Å²) >= 11 is 5.52. The van der Waals surface area contributed by atoms with Crippen LogP contribution in [-0.4, -0.2) is 38.3 Å². The van der Waals surface area contributed by atoms with Gasteiger partial charge in [0.15, 0.2) is 0 Å². The lowest BCUT2D eigenvalue weighted by atomic mass is 10.2.